The number of halogens is 2. The summed E-state index contributed by atoms with van der Waals surface area (Å²) in [6.45, 7) is 5.96. The van der Waals surface area contributed by atoms with Gasteiger partial charge in [0.25, 0.3) is 5.91 Å². The lowest BCUT2D eigenvalue weighted by molar-refractivity contribution is 0.0724. The largest absolute Gasteiger partial charge is 0.337 e. The van der Waals surface area contributed by atoms with Gasteiger partial charge in [0.15, 0.2) is 0 Å². The normalized spacial score (nSPS) is 11.2. The molecule has 6 heteroatoms. The molecule has 112 valence electrons. The van der Waals surface area contributed by atoms with Crippen LogP contribution in [0.5, 0.6) is 0 Å². The average Bonchev–Trinajstić information content (AvgIpc) is 2.36. The number of aromatic nitrogens is 1. The molecule has 0 aromatic carbocycles. The van der Waals surface area contributed by atoms with Crippen molar-refractivity contribution in [2.24, 2.45) is 5.92 Å². The van der Waals surface area contributed by atoms with Gasteiger partial charge in [0.1, 0.15) is 11.0 Å². The molecular formula is C14H21ClFN3O. The van der Waals surface area contributed by atoms with E-state index in [0.717, 1.165) is 18.8 Å². The number of hydrogen-bond donors (Lipinski definition) is 0. The van der Waals surface area contributed by atoms with Gasteiger partial charge in [-0.1, -0.05) is 25.4 Å². The van der Waals surface area contributed by atoms with Crippen LogP contribution < -0.4 is 0 Å². The van der Waals surface area contributed by atoms with Crippen LogP contribution in [0.1, 0.15) is 24.2 Å². The molecule has 0 atom stereocenters. The predicted molar refractivity (Wildman–Crippen MR) is 78.5 cm³/mol. The fourth-order valence-corrected chi connectivity index (χ4v) is 1.96. The van der Waals surface area contributed by atoms with Crippen molar-refractivity contribution in [3.05, 3.63) is 28.8 Å². The summed E-state index contributed by atoms with van der Waals surface area (Å²) in [7, 11) is 3.88. The van der Waals surface area contributed by atoms with E-state index in [1.54, 1.807) is 4.90 Å². The summed E-state index contributed by atoms with van der Waals surface area (Å²) in [5.74, 6) is -0.520. The van der Waals surface area contributed by atoms with E-state index in [4.69, 9.17) is 11.6 Å². The van der Waals surface area contributed by atoms with Gasteiger partial charge in [0, 0.05) is 19.6 Å². The summed E-state index contributed by atoms with van der Waals surface area (Å²) >= 11 is 5.90. The van der Waals surface area contributed by atoms with Crippen molar-refractivity contribution in [3.63, 3.8) is 0 Å². The Hall–Kier alpha value is -1.20. The third-order valence-corrected chi connectivity index (χ3v) is 3.03. The summed E-state index contributed by atoms with van der Waals surface area (Å²) in [5.41, 5.74) is 0.117. The van der Waals surface area contributed by atoms with E-state index in [0.29, 0.717) is 19.0 Å². The van der Waals surface area contributed by atoms with E-state index in [1.807, 2.05) is 32.8 Å². The molecule has 0 N–H and O–H groups in total. The lowest BCUT2D eigenvalue weighted by atomic mass is 10.1. The van der Waals surface area contributed by atoms with Crippen molar-refractivity contribution >= 4 is 17.5 Å². The minimum atomic E-state index is -0.560. The zero-order valence-corrected chi connectivity index (χ0v) is 13.1. The van der Waals surface area contributed by atoms with Crippen LogP contribution in [0.25, 0.3) is 0 Å². The Bertz CT molecular complexity index is 466. The maximum atomic E-state index is 13.2. The van der Waals surface area contributed by atoms with Gasteiger partial charge in [0.05, 0.1) is 11.8 Å². The third kappa shape index (κ3) is 5.06. The SMILES string of the molecule is CC(C)CN(CCN(C)C)C(=O)c1cc(F)cnc1Cl. The van der Waals surface area contributed by atoms with Crippen LogP contribution in [0.4, 0.5) is 4.39 Å². The first kappa shape index (κ1) is 16.9. The molecule has 0 unspecified atom stereocenters. The van der Waals surface area contributed by atoms with Crippen molar-refractivity contribution in [1.29, 1.82) is 0 Å². The van der Waals surface area contributed by atoms with E-state index in [-0.39, 0.29) is 16.6 Å². The third-order valence-electron chi connectivity index (χ3n) is 2.73. The molecule has 0 spiro atoms. The van der Waals surface area contributed by atoms with Crippen molar-refractivity contribution in [2.45, 2.75) is 13.8 Å². The lowest BCUT2D eigenvalue weighted by Gasteiger charge is -2.26. The maximum absolute atomic E-state index is 13.2. The van der Waals surface area contributed by atoms with Crippen molar-refractivity contribution < 1.29 is 9.18 Å². The molecule has 0 saturated heterocycles. The predicted octanol–water partition coefficient (Wildman–Crippen LogP) is 2.53. The summed E-state index contributed by atoms with van der Waals surface area (Å²) in [6.07, 6.45) is 1.01. The summed E-state index contributed by atoms with van der Waals surface area (Å²) in [4.78, 5) is 19.9. The first-order valence-electron chi connectivity index (χ1n) is 6.56. The molecule has 0 saturated carbocycles. The van der Waals surface area contributed by atoms with E-state index >= 15 is 0 Å². The highest BCUT2D eigenvalue weighted by molar-refractivity contribution is 6.32. The standard InChI is InChI=1S/C14H21ClFN3O/c1-10(2)9-19(6-5-18(3)4)14(20)12-7-11(16)8-17-13(12)15/h7-8,10H,5-6,9H2,1-4H3. The summed E-state index contributed by atoms with van der Waals surface area (Å²) in [6, 6.07) is 1.14. The van der Waals surface area contributed by atoms with Crippen LogP contribution in [0, 0.1) is 11.7 Å². The Morgan fingerprint density at radius 3 is 2.60 bits per heavy atom. The van der Waals surface area contributed by atoms with Gasteiger partial charge in [0.2, 0.25) is 0 Å². The molecule has 0 aliphatic rings. The number of nitrogens with zero attached hydrogens (tertiary/aromatic N) is 3. The summed E-state index contributed by atoms with van der Waals surface area (Å²) in [5, 5.41) is 0.0370. The molecular weight excluding hydrogens is 281 g/mol. The van der Waals surface area contributed by atoms with Crippen LogP contribution in [-0.2, 0) is 0 Å². The van der Waals surface area contributed by atoms with E-state index in [9.17, 15) is 9.18 Å². The number of hydrogen-bond acceptors (Lipinski definition) is 3. The first-order valence-corrected chi connectivity index (χ1v) is 6.94. The number of amides is 1. The molecule has 1 aromatic heterocycles. The number of pyridine rings is 1. The quantitative estimate of drug-likeness (QED) is 0.758. The molecule has 0 fully saturated rings. The number of carbonyl (C=O) groups excluding carboxylic acids is 1. The molecule has 1 rings (SSSR count). The van der Waals surface area contributed by atoms with E-state index in [1.165, 1.54) is 0 Å². The highest BCUT2D eigenvalue weighted by atomic mass is 35.5. The van der Waals surface area contributed by atoms with Gasteiger partial charge >= 0.3 is 0 Å². The van der Waals surface area contributed by atoms with Crippen LogP contribution in [0.15, 0.2) is 12.3 Å². The zero-order valence-electron chi connectivity index (χ0n) is 12.4. The van der Waals surface area contributed by atoms with E-state index < -0.39 is 5.82 Å². The number of rotatable bonds is 6. The Balaban J connectivity index is 2.93. The molecule has 1 amide bonds. The zero-order chi connectivity index (χ0) is 15.3. The van der Waals surface area contributed by atoms with Crippen molar-refractivity contribution in [2.75, 3.05) is 33.7 Å². The van der Waals surface area contributed by atoms with E-state index in [2.05, 4.69) is 4.98 Å². The molecule has 0 bridgehead atoms. The molecule has 1 heterocycles. The average molecular weight is 302 g/mol. The minimum absolute atomic E-state index is 0.0370. The molecule has 4 nitrogen and oxygen atoms in total. The van der Waals surface area contributed by atoms with Gasteiger partial charge in [-0.2, -0.15) is 0 Å². The van der Waals surface area contributed by atoms with Gasteiger partial charge in [-0.15, -0.1) is 0 Å². The Labute approximate surface area is 124 Å². The highest BCUT2D eigenvalue weighted by Gasteiger charge is 2.20. The molecule has 0 aliphatic carbocycles. The van der Waals surface area contributed by atoms with Gasteiger partial charge in [-0.3, -0.25) is 4.79 Å². The Morgan fingerprint density at radius 2 is 2.05 bits per heavy atom. The topological polar surface area (TPSA) is 36.4 Å². The molecule has 1 aromatic rings. The fourth-order valence-electron chi connectivity index (χ4n) is 1.78. The van der Waals surface area contributed by atoms with Crippen LogP contribution in [-0.4, -0.2) is 54.4 Å². The second-order valence-corrected chi connectivity index (χ2v) is 5.80. The maximum Gasteiger partial charge on any atom is 0.257 e. The molecule has 0 radical (unpaired) electrons. The summed E-state index contributed by atoms with van der Waals surface area (Å²) < 4.78 is 13.2. The lowest BCUT2D eigenvalue weighted by Crippen LogP contribution is -2.39. The van der Waals surface area contributed by atoms with Crippen molar-refractivity contribution in [3.8, 4) is 0 Å². The second-order valence-electron chi connectivity index (χ2n) is 5.44. The smallest absolute Gasteiger partial charge is 0.257 e. The van der Waals surface area contributed by atoms with Gasteiger partial charge in [-0.25, -0.2) is 9.37 Å². The molecule has 20 heavy (non-hydrogen) atoms. The Morgan fingerprint density at radius 1 is 1.40 bits per heavy atom. The van der Waals surface area contributed by atoms with Crippen molar-refractivity contribution in [1.82, 2.24) is 14.8 Å². The number of carbonyl (C=O) groups is 1. The minimum Gasteiger partial charge on any atom is -0.337 e. The van der Waals surface area contributed by atoms with Crippen LogP contribution in [0.2, 0.25) is 5.15 Å². The monoisotopic (exact) mass is 301 g/mol. The molecule has 0 aliphatic heterocycles. The van der Waals surface area contributed by atoms with Crippen LogP contribution in [0.3, 0.4) is 0 Å². The van der Waals surface area contributed by atoms with Gasteiger partial charge < -0.3 is 9.80 Å². The number of likely N-dealkylation sites (N-methyl/N-ethyl adjacent to an activating group) is 1. The highest BCUT2D eigenvalue weighted by Crippen LogP contribution is 2.17. The van der Waals surface area contributed by atoms with Crippen LogP contribution >= 0.6 is 11.6 Å². The first-order chi connectivity index (χ1) is 9.31. The second kappa shape index (κ2) is 7.55. The Kier molecular flexibility index (Phi) is 6.36. The van der Waals surface area contributed by atoms with Gasteiger partial charge in [-0.05, 0) is 26.1 Å². The fraction of sp³-hybridized carbons (Fsp3) is 0.571.